The number of nitrogens with one attached hydrogen (secondary N) is 1. The minimum atomic E-state index is -0.640. The number of imide groups is 2. The van der Waals surface area contributed by atoms with E-state index in [2.05, 4.69) is 11.6 Å². The summed E-state index contributed by atoms with van der Waals surface area (Å²) in [6.07, 6.45) is 8.80. The number of carbonyl (C=O) groups is 3. The van der Waals surface area contributed by atoms with Gasteiger partial charge in [0.15, 0.2) is 0 Å². The maximum absolute atomic E-state index is 12.8. The highest BCUT2D eigenvalue weighted by Gasteiger charge is 2.48. The first kappa shape index (κ1) is 14.9. The molecule has 2 aliphatic carbocycles. The first-order chi connectivity index (χ1) is 10.1. The van der Waals surface area contributed by atoms with Crippen molar-refractivity contribution in [2.45, 2.75) is 56.2 Å². The number of barbiturate groups is 1. The lowest BCUT2D eigenvalue weighted by Gasteiger charge is -2.36. The number of hydrogen-bond donors (Lipinski definition) is 1. The van der Waals surface area contributed by atoms with E-state index in [4.69, 9.17) is 0 Å². The number of rotatable bonds is 3. The molecule has 0 bridgehead atoms. The summed E-state index contributed by atoms with van der Waals surface area (Å²) in [5, 5.41) is 2.93. The largest absolute Gasteiger partial charge is 0.331 e. The fourth-order valence-electron chi connectivity index (χ4n) is 4.02. The predicted octanol–water partition coefficient (Wildman–Crippen LogP) is 2.16. The van der Waals surface area contributed by atoms with Gasteiger partial charge >= 0.3 is 6.03 Å². The fourth-order valence-corrected chi connectivity index (χ4v) is 4.81. The molecule has 3 aliphatic rings. The van der Waals surface area contributed by atoms with E-state index in [1.54, 1.807) is 11.8 Å². The lowest BCUT2D eigenvalue weighted by molar-refractivity contribution is -0.146. The summed E-state index contributed by atoms with van der Waals surface area (Å²) in [5.41, 5.74) is 0. The lowest BCUT2D eigenvalue weighted by atomic mass is 9.87. The molecular weight excluding hydrogens is 288 g/mol. The van der Waals surface area contributed by atoms with Crippen LogP contribution < -0.4 is 5.32 Å². The van der Waals surface area contributed by atoms with Crippen molar-refractivity contribution in [1.29, 1.82) is 0 Å². The van der Waals surface area contributed by atoms with Gasteiger partial charge in [0.1, 0.15) is 5.92 Å². The summed E-state index contributed by atoms with van der Waals surface area (Å²) in [6.45, 7) is 0. The molecule has 0 spiro atoms. The molecule has 0 aromatic carbocycles. The molecule has 116 valence electrons. The van der Waals surface area contributed by atoms with Crippen LogP contribution in [0.4, 0.5) is 4.79 Å². The third kappa shape index (κ3) is 2.70. The topological polar surface area (TPSA) is 66.5 Å². The van der Waals surface area contributed by atoms with Gasteiger partial charge in [-0.25, -0.2) is 4.79 Å². The summed E-state index contributed by atoms with van der Waals surface area (Å²) >= 11 is 1.79. The molecular formula is C15H22N2O3S. The summed E-state index contributed by atoms with van der Waals surface area (Å²) in [6, 6.07) is -0.544. The fraction of sp³-hybridized carbons (Fsp3) is 0.800. The van der Waals surface area contributed by atoms with Crippen molar-refractivity contribution in [2.75, 3.05) is 6.26 Å². The van der Waals surface area contributed by atoms with Crippen LogP contribution in [-0.4, -0.2) is 40.3 Å². The molecule has 1 aliphatic heterocycles. The summed E-state index contributed by atoms with van der Waals surface area (Å²) in [5.74, 6) is -1.15. The second-order valence-electron chi connectivity index (χ2n) is 6.35. The van der Waals surface area contributed by atoms with Gasteiger partial charge in [-0.2, -0.15) is 11.8 Å². The van der Waals surface area contributed by atoms with Gasteiger partial charge in [0, 0.05) is 11.3 Å². The van der Waals surface area contributed by atoms with Gasteiger partial charge < -0.3 is 0 Å². The van der Waals surface area contributed by atoms with Crippen LogP contribution in [0.25, 0.3) is 0 Å². The van der Waals surface area contributed by atoms with Crippen molar-refractivity contribution in [3.63, 3.8) is 0 Å². The molecule has 0 radical (unpaired) electrons. The van der Waals surface area contributed by atoms with Gasteiger partial charge in [0.05, 0.1) is 0 Å². The molecule has 2 saturated carbocycles. The summed E-state index contributed by atoms with van der Waals surface area (Å²) in [7, 11) is 0. The molecule has 21 heavy (non-hydrogen) atoms. The quantitative estimate of drug-likeness (QED) is 0.811. The lowest BCUT2D eigenvalue weighted by Crippen LogP contribution is -2.61. The number of urea groups is 1. The minimum Gasteiger partial charge on any atom is -0.277 e. The Balaban J connectivity index is 1.78. The third-order valence-electron chi connectivity index (χ3n) is 5.16. The van der Waals surface area contributed by atoms with E-state index in [1.807, 2.05) is 0 Å². The highest BCUT2D eigenvalue weighted by Crippen LogP contribution is 2.37. The number of nitrogens with zero attached hydrogens (tertiary/aromatic N) is 1. The Kier molecular flexibility index (Phi) is 4.24. The SMILES string of the molecule is CSC1CCC(N2C(=O)NC(=O)C(C3CCCC3)C2=O)C1. The van der Waals surface area contributed by atoms with Crippen LogP contribution in [0.15, 0.2) is 0 Å². The molecule has 1 N–H and O–H groups in total. The van der Waals surface area contributed by atoms with Gasteiger partial charge in [-0.05, 0) is 44.3 Å². The monoisotopic (exact) mass is 310 g/mol. The molecule has 1 saturated heterocycles. The van der Waals surface area contributed by atoms with E-state index in [1.165, 1.54) is 4.90 Å². The zero-order valence-electron chi connectivity index (χ0n) is 12.3. The van der Waals surface area contributed by atoms with E-state index in [-0.39, 0.29) is 23.8 Å². The Bertz CT molecular complexity index is 462. The Labute approximate surface area is 129 Å². The highest BCUT2D eigenvalue weighted by atomic mass is 32.2. The van der Waals surface area contributed by atoms with Crippen molar-refractivity contribution in [3.05, 3.63) is 0 Å². The third-order valence-corrected chi connectivity index (χ3v) is 6.26. The zero-order valence-corrected chi connectivity index (χ0v) is 13.2. The van der Waals surface area contributed by atoms with Crippen molar-refractivity contribution in [1.82, 2.24) is 10.2 Å². The Morgan fingerprint density at radius 2 is 1.81 bits per heavy atom. The van der Waals surface area contributed by atoms with Crippen LogP contribution in [0.1, 0.15) is 44.9 Å². The number of thioether (sulfide) groups is 1. The molecule has 0 aromatic rings. The molecule has 3 rings (SSSR count). The molecule has 3 fully saturated rings. The molecule has 5 nitrogen and oxygen atoms in total. The van der Waals surface area contributed by atoms with Crippen LogP contribution in [-0.2, 0) is 9.59 Å². The average molecular weight is 310 g/mol. The van der Waals surface area contributed by atoms with Gasteiger partial charge in [-0.1, -0.05) is 12.8 Å². The Morgan fingerprint density at radius 1 is 1.10 bits per heavy atom. The van der Waals surface area contributed by atoms with E-state index >= 15 is 0 Å². The molecule has 3 unspecified atom stereocenters. The second kappa shape index (κ2) is 5.99. The average Bonchev–Trinajstić information content (AvgIpc) is 3.09. The minimum absolute atomic E-state index is 0.0352. The van der Waals surface area contributed by atoms with Crippen LogP contribution in [0, 0.1) is 11.8 Å². The molecule has 6 heteroatoms. The predicted molar refractivity (Wildman–Crippen MR) is 80.8 cm³/mol. The van der Waals surface area contributed by atoms with Gasteiger partial charge in [0.2, 0.25) is 11.8 Å². The van der Waals surface area contributed by atoms with Crippen molar-refractivity contribution >= 4 is 29.6 Å². The summed E-state index contributed by atoms with van der Waals surface area (Å²) in [4.78, 5) is 38.3. The van der Waals surface area contributed by atoms with Gasteiger partial charge in [0.25, 0.3) is 0 Å². The van der Waals surface area contributed by atoms with Crippen LogP contribution in [0.2, 0.25) is 0 Å². The van der Waals surface area contributed by atoms with E-state index in [0.717, 1.165) is 44.9 Å². The molecule has 1 heterocycles. The summed E-state index contributed by atoms with van der Waals surface area (Å²) < 4.78 is 0. The normalized spacial score (nSPS) is 34.6. The highest BCUT2D eigenvalue weighted by molar-refractivity contribution is 7.99. The van der Waals surface area contributed by atoms with Crippen LogP contribution in [0.5, 0.6) is 0 Å². The van der Waals surface area contributed by atoms with Gasteiger partial charge in [-0.15, -0.1) is 0 Å². The molecule has 3 atom stereocenters. The molecule has 0 aromatic heterocycles. The zero-order chi connectivity index (χ0) is 15.0. The van der Waals surface area contributed by atoms with Crippen molar-refractivity contribution in [3.8, 4) is 0 Å². The van der Waals surface area contributed by atoms with Crippen molar-refractivity contribution < 1.29 is 14.4 Å². The standard InChI is InChI=1S/C15H22N2O3S/c1-21-11-7-6-10(8-11)17-14(19)12(9-4-2-3-5-9)13(18)16-15(17)20/h9-12H,2-8H2,1H3,(H,16,18,20). The van der Waals surface area contributed by atoms with Crippen LogP contribution in [0.3, 0.4) is 0 Å². The van der Waals surface area contributed by atoms with Crippen molar-refractivity contribution in [2.24, 2.45) is 11.8 Å². The van der Waals surface area contributed by atoms with E-state index in [9.17, 15) is 14.4 Å². The van der Waals surface area contributed by atoms with Gasteiger partial charge in [-0.3, -0.25) is 19.8 Å². The maximum Gasteiger partial charge on any atom is 0.331 e. The first-order valence-corrected chi connectivity index (χ1v) is 9.11. The van der Waals surface area contributed by atoms with E-state index < -0.39 is 11.9 Å². The van der Waals surface area contributed by atoms with E-state index in [0.29, 0.717) is 5.25 Å². The molecule has 4 amide bonds. The first-order valence-electron chi connectivity index (χ1n) is 7.82. The number of hydrogen-bond acceptors (Lipinski definition) is 4. The Hall–Kier alpha value is -1.04. The smallest absolute Gasteiger partial charge is 0.277 e. The number of carbonyl (C=O) groups excluding carboxylic acids is 3. The Morgan fingerprint density at radius 3 is 2.43 bits per heavy atom. The maximum atomic E-state index is 12.8. The number of amides is 4. The van der Waals surface area contributed by atoms with Crippen LogP contribution >= 0.6 is 11.8 Å². The second-order valence-corrected chi connectivity index (χ2v) is 7.49.